The summed E-state index contributed by atoms with van der Waals surface area (Å²) < 4.78 is 45.3. The lowest BCUT2D eigenvalue weighted by molar-refractivity contribution is -0.00571. The largest absolute Gasteiger partial charge is 0.372 e. The minimum atomic E-state index is -2.40. The summed E-state index contributed by atoms with van der Waals surface area (Å²) in [5.41, 5.74) is 2.10. The van der Waals surface area contributed by atoms with Crippen molar-refractivity contribution in [1.82, 2.24) is 15.0 Å². The van der Waals surface area contributed by atoms with Gasteiger partial charge in [-0.1, -0.05) is 24.3 Å². The number of pyridine rings is 1. The van der Waals surface area contributed by atoms with E-state index in [4.69, 9.17) is 4.74 Å². The van der Waals surface area contributed by atoms with Crippen LogP contribution in [0.3, 0.4) is 0 Å². The van der Waals surface area contributed by atoms with Gasteiger partial charge in [-0.15, -0.1) is 0 Å². The van der Waals surface area contributed by atoms with Gasteiger partial charge in [0.1, 0.15) is 5.82 Å². The lowest BCUT2D eigenvalue weighted by atomic mass is 10.0. The Balaban J connectivity index is 1.54. The number of ether oxygens (including phenoxy) is 1. The number of hydrogen-bond donors (Lipinski definition) is 1. The molecule has 0 spiro atoms. The summed E-state index contributed by atoms with van der Waals surface area (Å²) in [4.78, 5) is 14.7. The summed E-state index contributed by atoms with van der Waals surface area (Å²) in [7, 11) is 0. The van der Waals surface area contributed by atoms with Crippen molar-refractivity contribution in [3.8, 4) is 11.1 Å². The minimum Gasteiger partial charge on any atom is -0.372 e. The van der Waals surface area contributed by atoms with Crippen LogP contribution in [0.1, 0.15) is 19.4 Å². The van der Waals surface area contributed by atoms with Crippen molar-refractivity contribution in [2.24, 2.45) is 0 Å². The predicted octanol–water partition coefficient (Wildman–Crippen LogP) is 4.84. The number of halogens is 3. The molecule has 1 N–H and O–H groups in total. The van der Waals surface area contributed by atoms with Crippen molar-refractivity contribution in [2.45, 2.75) is 38.9 Å². The van der Waals surface area contributed by atoms with E-state index in [1.807, 2.05) is 18.7 Å². The van der Waals surface area contributed by atoms with Gasteiger partial charge in [0.05, 0.1) is 17.9 Å². The molecular formula is C23H24F3N5O. The Morgan fingerprint density at radius 1 is 1.06 bits per heavy atom. The third kappa shape index (κ3) is 5.34. The van der Waals surface area contributed by atoms with E-state index in [-0.39, 0.29) is 24.3 Å². The third-order valence-electron chi connectivity index (χ3n) is 5.12. The van der Waals surface area contributed by atoms with Gasteiger partial charge in [-0.2, -0.15) is 9.37 Å². The molecule has 1 aliphatic heterocycles. The van der Waals surface area contributed by atoms with Crippen molar-refractivity contribution in [3.63, 3.8) is 0 Å². The molecule has 0 unspecified atom stereocenters. The van der Waals surface area contributed by atoms with Crippen molar-refractivity contribution in [2.75, 3.05) is 23.3 Å². The number of morpholine rings is 1. The Morgan fingerprint density at radius 3 is 2.47 bits per heavy atom. The highest BCUT2D eigenvalue weighted by atomic mass is 19.3. The first-order chi connectivity index (χ1) is 15.4. The smallest absolute Gasteiger partial charge is 0.242 e. The zero-order valence-corrected chi connectivity index (χ0v) is 17.8. The molecule has 1 fully saturated rings. The maximum absolute atomic E-state index is 14.4. The van der Waals surface area contributed by atoms with Gasteiger partial charge < -0.3 is 15.0 Å². The fourth-order valence-electron chi connectivity index (χ4n) is 3.75. The summed E-state index contributed by atoms with van der Waals surface area (Å²) in [5.74, 6) is 0.305. The van der Waals surface area contributed by atoms with Crippen LogP contribution >= 0.6 is 0 Å². The monoisotopic (exact) mass is 443 g/mol. The van der Waals surface area contributed by atoms with Gasteiger partial charge in [-0.25, -0.2) is 18.7 Å². The first-order valence-corrected chi connectivity index (χ1v) is 10.4. The van der Waals surface area contributed by atoms with E-state index in [2.05, 4.69) is 20.3 Å². The van der Waals surface area contributed by atoms with Gasteiger partial charge in [-0.05, 0) is 37.1 Å². The predicted molar refractivity (Wildman–Crippen MR) is 117 cm³/mol. The summed E-state index contributed by atoms with van der Waals surface area (Å²) in [6, 6.07) is 9.99. The van der Waals surface area contributed by atoms with Gasteiger partial charge >= 0.3 is 0 Å². The summed E-state index contributed by atoms with van der Waals surface area (Å²) in [6.45, 7) is 5.33. The zero-order valence-electron chi connectivity index (χ0n) is 17.8. The highest BCUT2D eigenvalue weighted by molar-refractivity contribution is 5.69. The van der Waals surface area contributed by atoms with Gasteiger partial charge in [0, 0.05) is 37.5 Å². The molecule has 0 amide bonds. The molecule has 2 aromatic heterocycles. The van der Waals surface area contributed by atoms with Crippen LogP contribution < -0.4 is 10.2 Å². The van der Waals surface area contributed by atoms with E-state index in [9.17, 15) is 13.2 Å². The maximum atomic E-state index is 14.4. The Labute approximate surface area is 184 Å². The third-order valence-corrected chi connectivity index (χ3v) is 5.12. The van der Waals surface area contributed by atoms with E-state index in [1.54, 1.807) is 42.6 Å². The van der Waals surface area contributed by atoms with Crippen LogP contribution in [0.25, 0.3) is 11.1 Å². The first kappa shape index (κ1) is 22.0. The van der Waals surface area contributed by atoms with E-state index in [1.165, 1.54) is 6.20 Å². The fraction of sp³-hybridized carbons (Fsp3) is 0.348. The molecule has 3 aromatic rings. The molecule has 1 aliphatic rings. The highest BCUT2D eigenvalue weighted by Gasteiger charge is 2.24. The molecule has 6 nitrogen and oxygen atoms in total. The number of anilines is 3. The average Bonchev–Trinajstić information content (AvgIpc) is 2.75. The van der Waals surface area contributed by atoms with Gasteiger partial charge in [0.25, 0.3) is 0 Å². The molecule has 1 saturated heterocycles. The standard InChI is InChI=1S/C23H24F3N5O/c1-14-12-31(13-15(2)32-14)23-27-8-7-21(30-23)29-19-10-18(11-28-22(19)26)17-5-3-16(4-6-17)9-20(24)25/h3-8,10-11,14-15,20H,9,12-13H2,1-2H3,(H,27,29,30)/t14-,15+. The van der Waals surface area contributed by atoms with E-state index >= 15 is 0 Å². The second-order valence-corrected chi connectivity index (χ2v) is 7.88. The number of nitrogens with one attached hydrogen (secondary N) is 1. The minimum absolute atomic E-state index is 0.0596. The zero-order chi connectivity index (χ0) is 22.7. The molecule has 0 bridgehead atoms. The van der Waals surface area contributed by atoms with E-state index in [0.29, 0.717) is 36.0 Å². The average molecular weight is 443 g/mol. The molecule has 32 heavy (non-hydrogen) atoms. The summed E-state index contributed by atoms with van der Waals surface area (Å²) in [6.07, 6.45) is 0.446. The lowest BCUT2D eigenvalue weighted by Crippen LogP contribution is -2.46. The molecule has 4 rings (SSSR count). The number of nitrogens with zero attached hydrogens (tertiary/aromatic N) is 4. The molecule has 1 aromatic carbocycles. The van der Waals surface area contributed by atoms with Crippen LogP contribution in [0.5, 0.6) is 0 Å². The molecule has 3 heterocycles. The molecule has 0 saturated carbocycles. The molecule has 9 heteroatoms. The van der Waals surface area contributed by atoms with Crippen molar-refractivity contribution < 1.29 is 17.9 Å². The molecule has 0 radical (unpaired) electrons. The van der Waals surface area contributed by atoms with E-state index < -0.39 is 12.4 Å². The van der Waals surface area contributed by atoms with Crippen LogP contribution in [0.15, 0.2) is 48.8 Å². The molecule has 2 atom stereocenters. The summed E-state index contributed by atoms with van der Waals surface area (Å²) >= 11 is 0. The fourth-order valence-corrected chi connectivity index (χ4v) is 3.75. The maximum Gasteiger partial charge on any atom is 0.242 e. The lowest BCUT2D eigenvalue weighted by Gasteiger charge is -2.35. The number of alkyl halides is 2. The van der Waals surface area contributed by atoms with E-state index in [0.717, 1.165) is 5.56 Å². The van der Waals surface area contributed by atoms with Crippen LogP contribution in [-0.2, 0) is 11.2 Å². The second-order valence-electron chi connectivity index (χ2n) is 7.88. The normalized spacial score (nSPS) is 18.8. The number of hydrogen-bond acceptors (Lipinski definition) is 6. The number of aromatic nitrogens is 3. The highest BCUT2D eigenvalue weighted by Crippen LogP contribution is 2.27. The number of rotatable bonds is 6. The second kappa shape index (κ2) is 9.52. The van der Waals surface area contributed by atoms with Crippen molar-refractivity contribution in [1.29, 1.82) is 0 Å². The van der Waals surface area contributed by atoms with Crippen LogP contribution in [-0.4, -0.2) is 46.7 Å². The SMILES string of the molecule is C[C@@H]1CN(c2nccc(Nc3cc(-c4ccc(CC(F)F)cc4)cnc3F)n2)C[C@H](C)O1. The number of benzene rings is 1. The van der Waals surface area contributed by atoms with Gasteiger partial charge in [0.15, 0.2) is 0 Å². The Kier molecular flexibility index (Phi) is 6.55. The van der Waals surface area contributed by atoms with Gasteiger partial charge in [-0.3, -0.25) is 0 Å². The molecule has 168 valence electrons. The Hall–Kier alpha value is -3.20. The topological polar surface area (TPSA) is 63.2 Å². The quantitative estimate of drug-likeness (QED) is 0.550. The van der Waals surface area contributed by atoms with Crippen LogP contribution in [0, 0.1) is 5.95 Å². The van der Waals surface area contributed by atoms with Gasteiger partial charge in [0.2, 0.25) is 18.3 Å². The summed E-state index contributed by atoms with van der Waals surface area (Å²) in [5, 5.41) is 2.98. The van der Waals surface area contributed by atoms with Crippen LogP contribution in [0.4, 0.5) is 30.6 Å². The Morgan fingerprint density at radius 2 is 1.78 bits per heavy atom. The molecular weight excluding hydrogens is 419 g/mol. The Bertz CT molecular complexity index is 1050. The first-order valence-electron chi connectivity index (χ1n) is 10.4. The van der Waals surface area contributed by atoms with Crippen LogP contribution in [0.2, 0.25) is 0 Å². The van der Waals surface area contributed by atoms with Crippen molar-refractivity contribution in [3.05, 3.63) is 60.3 Å². The van der Waals surface area contributed by atoms with Crippen molar-refractivity contribution >= 4 is 17.5 Å². The molecule has 0 aliphatic carbocycles.